The highest BCUT2D eigenvalue weighted by atomic mass is 16.1. The summed E-state index contributed by atoms with van der Waals surface area (Å²) in [7, 11) is 0. The lowest BCUT2D eigenvalue weighted by atomic mass is 9.88. The summed E-state index contributed by atoms with van der Waals surface area (Å²) >= 11 is 0. The molecule has 0 aromatic heterocycles. The minimum atomic E-state index is -0.107. The number of carbonyl (C=O) groups is 1. The number of aldehydes is 1. The Morgan fingerprint density at radius 1 is 1.50 bits per heavy atom. The van der Waals surface area contributed by atoms with Crippen LogP contribution >= 0.6 is 0 Å². The van der Waals surface area contributed by atoms with Gasteiger partial charge in [0.05, 0.1) is 0 Å². The third-order valence-electron chi connectivity index (χ3n) is 4.18. The molecule has 2 fully saturated rings. The molecular weight excluding hydrogens is 174 g/mol. The van der Waals surface area contributed by atoms with Crippen LogP contribution in [0.15, 0.2) is 0 Å². The van der Waals surface area contributed by atoms with Crippen LogP contribution in [0.4, 0.5) is 0 Å². The molecule has 2 nitrogen and oxygen atoms in total. The molecule has 2 aliphatic rings. The third kappa shape index (κ3) is 1.72. The van der Waals surface area contributed by atoms with Gasteiger partial charge in [-0.25, -0.2) is 0 Å². The molecule has 0 aromatic carbocycles. The van der Waals surface area contributed by atoms with Crippen molar-refractivity contribution in [1.29, 1.82) is 0 Å². The highest BCUT2D eigenvalue weighted by Crippen LogP contribution is 2.39. The summed E-state index contributed by atoms with van der Waals surface area (Å²) in [4.78, 5) is 13.6. The molecular formula is C12H21NO. The number of hydrogen-bond acceptors (Lipinski definition) is 2. The number of likely N-dealkylation sites (tertiary alicyclic amines) is 1. The van der Waals surface area contributed by atoms with E-state index < -0.39 is 0 Å². The summed E-state index contributed by atoms with van der Waals surface area (Å²) < 4.78 is 0. The number of fused-ring (bicyclic) bond motifs is 2. The van der Waals surface area contributed by atoms with Gasteiger partial charge < -0.3 is 4.79 Å². The van der Waals surface area contributed by atoms with Gasteiger partial charge in [-0.1, -0.05) is 13.8 Å². The molecule has 0 radical (unpaired) electrons. The molecule has 1 heterocycles. The van der Waals surface area contributed by atoms with Gasteiger partial charge in [0.25, 0.3) is 0 Å². The number of nitrogens with zero attached hydrogens (tertiary/aromatic N) is 1. The number of carbonyl (C=O) groups excluding carboxylic acids is 1. The monoisotopic (exact) mass is 195 g/mol. The Bertz CT molecular complexity index is 228. The smallest absolute Gasteiger partial charge is 0.127 e. The molecule has 3 unspecified atom stereocenters. The van der Waals surface area contributed by atoms with Crippen LogP contribution in [0.3, 0.4) is 0 Å². The van der Waals surface area contributed by atoms with Crippen LogP contribution in [0.25, 0.3) is 0 Å². The van der Waals surface area contributed by atoms with Crippen molar-refractivity contribution in [3.05, 3.63) is 0 Å². The molecule has 0 aromatic rings. The Morgan fingerprint density at radius 3 is 2.71 bits per heavy atom. The normalized spacial score (nSPS) is 35.9. The Hall–Kier alpha value is -0.370. The standard InChI is InChI=1S/C12H21NO/c1-3-12(2,9-14)8-13-7-10-4-5-11(13)6-10/h9-11H,3-8H2,1-2H3. The summed E-state index contributed by atoms with van der Waals surface area (Å²) in [5.41, 5.74) is -0.107. The molecule has 2 heteroatoms. The van der Waals surface area contributed by atoms with Crippen LogP contribution in [-0.4, -0.2) is 30.3 Å². The van der Waals surface area contributed by atoms with E-state index in [1.54, 1.807) is 0 Å². The van der Waals surface area contributed by atoms with Crippen LogP contribution in [0.2, 0.25) is 0 Å². The molecule has 1 aliphatic heterocycles. The van der Waals surface area contributed by atoms with Crippen LogP contribution in [0.1, 0.15) is 39.5 Å². The number of piperidine rings is 1. The molecule has 1 saturated heterocycles. The van der Waals surface area contributed by atoms with Crippen LogP contribution in [0, 0.1) is 11.3 Å². The van der Waals surface area contributed by atoms with Crippen molar-refractivity contribution in [2.45, 2.75) is 45.6 Å². The van der Waals surface area contributed by atoms with Crippen LogP contribution in [-0.2, 0) is 4.79 Å². The molecule has 0 spiro atoms. The summed E-state index contributed by atoms with van der Waals surface area (Å²) in [5.74, 6) is 0.938. The van der Waals surface area contributed by atoms with Gasteiger partial charge in [0.2, 0.25) is 0 Å². The third-order valence-corrected chi connectivity index (χ3v) is 4.18. The summed E-state index contributed by atoms with van der Waals surface area (Å²) in [5, 5.41) is 0. The van der Waals surface area contributed by atoms with Crippen molar-refractivity contribution in [2.75, 3.05) is 13.1 Å². The van der Waals surface area contributed by atoms with Crippen molar-refractivity contribution in [1.82, 2.24) is 4.90 Å². The van der Waals surface area contributed by atoms with E-state index >= 15 is 0 Å². The Morgan fingerprint density at radius 2 is 2.29 bits per heavy atom. The van der Waals surface area contributed by atoms with Gasteiger partial charge >= 0.3 is 0 Å². The van der Waals surface area contributed by atoms with E-state index in [2.05, 4.69) is 18.7 Å². The molecule has 1 aliphatic carbocycles. The Kier molecular flexibility index (Phi) is 2.65. The minimum absolute atomic E-state index is 0.107. The lowest BCUT2D eigenvalue weighted by Crippen LogP contribution is -2.41. The zero-order valence-corrected chi connectivity index (χ0v) is 9.33. The van der Waals surface area contributed by atoms with Gasteiger partial charge in [-0.15, -0.1) is 0 Å². The lowest BCUT2D eigenvalue weighted by Gasteiger charge is -2.33. The van der Waals surface area contributed by atoms with E-state index in [4.69, 9.17) is 0 Å². The maximum Gasteiger partial charge on any atom is 0.127 e. The SMILES string of the molecule is CCC(C)(C=O)CN1CC2CCC1C2. The van der Waals surface area contributed by atoms with E-state index in [1.807, 2.05) is 0 Å². The molecule has 1 saturated carbocycles. The maximum atomic E-state index is 11.0. The molecule has 3 atom stereocenters. The zero-order chi connectivity index (χ0) is 10.2. The van der Waals surface area contributed by atoms with Crippen molar-refractivity contribution in [3.8, 4) is 0 Å². The van der Waals surface area contributed by atoms with Crippen molar-refractivity contribution >= 4 is 6.29 Å². The average Bonchev–Trinajstić information content (AvgIpc) is 2.79. The highest BCUT2D eigenvalue weighted by molar-refractivity contribution is 5.58. The van der Waals surface area contributed by atoms with Crippen LogP contribution in [0.5, 0.6) is 0 Å². The van der Waals surface area contributed by atoms with Gasteiger partial charge in [0.1, 0.15) is 6.29 Å². The molecule has 0 amide bonds. The Labute approximate surface area is 86.7 Å². The van der Waals surface area contributed by atoms with Gasteiger partial charge in [-0.2, -0.15) is 0 Å². The predicted octanol–water partition coefficient (Wildman–Crippen LogP) is 2.09. The first kappa shape index (κ1) is 10.2. The molecule has 2 bridgehead atoms. The predicted molar refractivity (Wildman–Crippen MR) is 57.2 cm³/mol. The van der Waals surface area contributed by atoms with E-state index in [0.717, 1.165) is 31.2 Å². The Balaban J connectivity index is 1.94. The fourth-order valence-electron chi connectivity index (χ4n) is 2.92. The number of rotatable bonds is 4. The van der Waals surface area contributed by atoms with E-state index in [9.17, 15) is 4.79 Å². The largest absolute Gasteiger partial charge is 0.303 e. The molecule has 0 N–H and O–H groups in total. The molecule has 2 rings (SSSR count). The first-order chi connectivity index (χ1) is 6.67. The van der Waals surface area contributed by atoms with Gasteiger partial charge in [-0.05, 0) is 31.6 Å². The first-order valence-corrected chi connectivity index (χ1v) is 5.87. The molecule has 14 heavy (non-hydrogen) atoms. The van der Waals surface area contributed by atoms with E-state index in [1.165, 1.54) is 25.8 Å². The summed E-state index contributed by atoms with van der Waals surface area (Å²) in [6.07, 6.45) is 6.29. The fraction of sp³-hybridized carbons (Fsp3) is 0.917. The summed E-state index contributed by atoms with van der Waals surface area (Å²) in [6, 6.07) is 0.797. The van der Waals surface area contributed by atoms with Gasteiger partial charge in [0, 0.05) is 24.5 Å². The van der Waals surface area contributed by atoms with Crippen molar-refractivity contribution in [2.24, 2.45) is 11.3 Å². The highest BCUT2D eigenvalue weighted by Gasteiger charge is 2.40. The van der Waals surface area contributed by atoms with E-state index in [0.29, 0.717) is 0 Å². The van der Waals surface area contributed by atoms with Crippen LogP contribution < -0.4 is 0 Å². The van der Waals surface area contributed by atoms with Crippen molar-refractivity contribution in [3.63, 3.8) is 0 Å². The fourth-order valence-corrected chi connectivity index (χ4v) is 2.92. The zero-order valence-electron chi connectivity index (χ0n) is 9.33. The maximum absolute atomic E-state index is 11.0. The second-order valence-corrected chi connectivity index (χ2v) is 5.39. The van der Waals surface area contributed by atoms with E-state index in [-0.39, 0.29) is 5.41 Å². The molecule has 80 valence electrons. The average molecular weight is 195 g/mol. The first-order valence-electron chi connectivity index (χ1n) is 5.87. The van der Waals surface area contributed by atoms with Crippen molar-refractivity contribution < 1.29 is 4.79 Å². The minimum Gasteiger partial charge on any atom is -0.303 e. The number of hydrogen-bond donors (Lipinski definition) is 0. The second kappa shape index (κ2) is 3.65. The van der Waals surface area contributed by atoms with Gasteiger partial charge in [0.15, 0.2) is 0 Å². The lowest BCUT2D eigenvalue weighted by molar-refractivity contribution is -0.116. The summed E-state index contributed by atoms with van der Waals surface area (Å²) in [6.45, 7) is 6.43. The second-order valence-electron chi connectivity index (χ2n) is 5.39. The van der Waals surface area contributed by atoms with Gasteiger partial charge in [-0.3, -0.25) is 4.90 Å². The topological polar surface area (TPSA) is 20.3 Å². The quantitative estimate of drug-likeness (QED) is 0.640.